The van der Waals surface area contributed by atoms with Crippen LogP contribution in [0.25, 0.3) is 0 Å². The molecule has 3 rings (SSSR count). The van der Waals surface area contributed by atoms with Gasteiger partial charge in [-0.25, -0.2) is 4.98 Å². The largest absolute Gasteiger partial charge is 0.481 e. The fourth-order valence-electron chi connectivity index (χ4n) is 3.33. The SMILES string of the molecule is Cn1ccnc1CN1C2CCC1C(C(=O)O)C2. The molecule has 1 aromatic heterocycles. The van der Waals surface area contributed by atoms with Crippen LogP contribution >= 0.6 is 0 Å². The summed E-state index contributed by atoms with van der Waals surface area (Å²) in [6.45, 7) is 0.780. The van der Waals surface area contributed by atoms with E-state index in [0.717, 1.165) is 31.6 Å². The van der Waals surface area contributed by atoms with Gasteiger partial charge in [0, 0.05) is 31.5 Å². The molecule has 2 bridgehead atoms. The second kappa shape index (κ2) is 3.84. The van der Waals surface area contributed by atoms with Gasteiger partial charge in [-0.3, -0.25) is 9.69 Å². The van der Waals surface area contributed by atoms with E-state index < -0.39 is 5.97 Å². The van der Waals surface area contributed by atoms with Crippen molar-refractivity contribution in [2.75, 3.05) is 0 Å². The molecule has 1 aromatic rings. The highest BCUT2D eigenvalue weighted by atomic mass is 16.4. The van der Waals surface area contributed by atoms with E-state index in [9.17, 15) is 9.90 Å². The Bertz CT molecular complexity index is 443. The van der Waals surface area contributed by atoms with Crippen molar-refractivity contribution in [3.05, 3.63) is 18.2 Å². The zero-order chi connectivity index (χ0) is 12.0. The Kier molecular flexibility index (Phi) is 2.43. The highest BCUT2D eigenvalue weighted by Crippen LogP contribution is 2.42. The summed E-state index contributed by atoms with van der Waals surface area (Å²) in [6, 6.07) is 0.659. The molecule has 0 aliphatic carbocycles. The van der Waals surface area contributed by atoms with Crippen LogP contribution in [0.3, 0.4) is 0 Å². The van der Waals surface area contributed by atoms with Crippen LogP contribution in [0.5, 0.6) is 0 Å². The lowest BCUT2D eigenvalue weighted by atomic mass is 9.89. The number of aliphatic carboxylic acids is 1. The summed E-state index contributed by atoms with van der Waals surface area (Å²) in [6.07, 6.45) is 6.69. The first kappa shape index (κ1) is 10.8. The molecule has 2 fully saturated rings. The van der Waals surface area contributed by atoms with E-state index in [1.165, 1.54) is 0 Å². The molecule has 1 N–H and O–H groups in total. The van der Waals surface area contributed by atoms with Crippen molar-refractivity contribution in [2.24, 2.45) is 13.0 Å². The zero-order valence-corrected chi connectivity index (χ0v) is 9.91. The molecule has 0 aromatic carbocycles. The first-order valence-electron chi connectivity index (χ1n) is 6.11. The number of carboxylic acid groups (broad SMARTS) is 1. The normalized spacial score (nSPS) is 32.2. The third-order valence-corrected chi connectivity index (χ3v) is 4.24. The Balaban J connectivity index is 1.77. The summed E-state index contributed by atoms with van der Waals surface area (Å²) < 4.78 is 2.01. The number of hydrogen-bond donors (Lipinski definition) is 1. The molecule has 0 spiro atoms. The van der Waals surface area contributed by atoms with Gasteiger partial charge in [0.25, 0.3) is 0 Å². The monoisotopic (exact) mass is 235 g/mol. The number of hydrogen-bond acceptors (Lipinski definition) is 3. The molecule has 3 unspecified atom stereocenters. The predicted molar refractivity (Wildman–Crippen MR) is 61.3 cm³/mol. The molecule has 2 aliphatic rings. The van der Waals surface area contributed by atoms with E-state index in [0.29, 0.717) is 6.04 Å². The number of aromatic nitrogens is 2. The van der Waals surface area contributed by atoms with Crippen molar-refractivity contribution in [3.8, 4) is 0 Å². The van der Waals surface area contributed by atoms with Crippen molar-refractivity contribution in [1.29, 1.82) is 0 Å². The molecular formula is C12H17N3O2. The summed E-state index contributed by atoms with van der Waals surface area (Å²) in [5.74, 6) is 0.212. The van der Waals surface area contributed by atoms with E-state index in [2.05, 4.69) is 9.88 Å². The highest BCUT2D eigenvalue weighted by molar-refractivity contribution is 5.71. The van der Waals surface area contributed by atoms with Gasteiger partial charge in [-0.2, -0.15) is 0 Å². The second-order valence-corrected chi connectivity index (χ2v) is 5.11. The van der Waals surface area contributed by atoms with E-state index in [-0.39, 0.29) is 12.0 Å². The van der Waals surface area contributed by atoms with Crippen LogP contribution in [0.4, 0.5) is 0 Å². The van der Waals surface area contributed by atoms with Gasteiger partial charge in [0.2, 0.25) is 0 Å². The van der Waals surface area contributed by atoms with E-state index in [4.69, 9.17) is 0 Å². The third-order valence-electron chi connectivity index (χ3n) is 4.24. The molecule has 2 aliphatic heterocycles. The fourth-order valence-corrected chi connectivity index (χ4v) is 3.33. The Labute approximate surface area is 100 Å². The smallest absolute Gasteiger partial charge is 0.308 e. The number of carbonyl (C=O) groups is 1. The lowest BCUT2D eigenvalue weighted by molar-refractivity contribution is -0.142. The maximum absolute atomic E-state index is 11.2. The quantitative estimate of drug-likeness (QED) is 0.844. The minimum absolute atomic E-state index is 0.172. The van der Waals surface area contributed by atoms with Crippen molar-refractivity contribution < 1.29 is 9.90 Å². The Morgan fingerprint density at radius 1 is 1.59 bits per heavy atom. The standard InChI is InChI=1S/C12H17N3O2/c1-14-5-4-13-11(14)7-15-8-2-3-10(15)9(6-8)12(16)17/h4-5,8-10H,2-3,6-7H2,1H3,(H,16,17). The van der Waals surface area contributed by atoms with Crippen LogP contribution in [0.2, 0.25) is 0 Å². The van der Waals surface area contributed by atoms with Gasteiger partial charge in [-0.05, 0) is 19.3 Å². The second-order valence-electron chi connectivity index (χ2n) is 5.11. The van der Waals surface area contributed by atoms with Crippen LogP contribution in [0.1, 0.15) is 25.1 Å². The van der Waals surface area contributed by atoms with Gasteiger partial charge in [0.05, 0.1) is 12.5 Å². The molecular weight excluding hydrogens is 218 g/mol. The van der Waals surface area contributed by atoms with Crippen LogP contribution in [-0.2, 0) is 18.4 Å². The van der Waals surface area contributed by atoms with E-state index in [1.54, 1.807) is 6.20 Å². The maximum atomic E-state index is 11.2. The summed E-state index contributed by atoms with van der Waals surface area (Å²) >= 11 is 0. The summed E-state index contributed by atoms with van der Waals surface area (Å²) in [4.78, 5) is 17.8. The highest BCUT2D eigenvalue weighted by Gasteiger charge is 2.49. The van der Waals surface area contributed by atoms with Crippen molar-refractivity contribution >= 4 is 5.97 Å². The van der Waals surface area contributed by atoms with Gasteiger partial charge in [-0.1, -0.05) is 0 Å². The minimum Gasteiger partial charge on any atom is -0.481 e. The lowest BCUT2D eigenvalue weighted by Gasteiger charge is -2.22. The summed E-state index contributed by atoms with van der Waals surface area (Å²) in [7, 11) is 1.98. The average Bonchev–Trinajstić information content (AvgIpc) is 2.96. The Hall–Kier alpha value is -1.36. The van der Waals surface area contributed by atoms with Crippen LogP contribution in [0, 0.1) is 5.92 Å². The van der Waals surface area contributed by atoms with Gasteiger partial charge in [0.15, 0.2) is 0 Å². The molecule has 0 saturated carbocycles. The minimum atomic E-state index is -0.637. The number of imidazole rings is 1. The topological polar surface area (TPSA) is 58.4 Å². The number of rotatable bonds is 3. The molecule has 92 valence electrons. The van der Waals surface area contributed by atoms with Crippen LogP contribution < -0.4 is 0 Å². The molecule has 0 radical (unpaired) electrons. The van der Waals surface area contributed by atoms with Gasteiger partial charge in [0.1, 0.15) is 5.82 Å². The molecule has 5 heteroatoms. The average molecular weight is 235 g/mol. The van der Waals surface area contributed by atoms with Crippen LogP contribution in [0.15, 0.2) is 12.4 Å². The van der Waals surface area contributed by atoms with Crippen molar-refractivity contribution in [1.82, 2.24) is 14.5 Å². The molecule has 5 nitrogen and oxygen atoms in total. The van der Waals surface area contributed by atoms with Crippen LogP contribution in [-0.4, -0.2) is 37.6 Å². The number of carboxylic acids is 1. The van der Waals surface area contributed by atoms with Gasteiger partial charge < -0.3 is 9.67 Å². The number of nitrogens with zero attached hydrogens (tertiary/aromatic N) is 3. The molecule has 2 saturated heterocycles. The Morgan fingerprint density at radius 2 is 2.41 bits per heavy atom. The summed E-state index contributed by atoms with van der Waals surface area (Å²) in [5, 5.41) is 9.19. The van der Waals surface area contributed by atoms with E-state index >= 15 is 0 Å². The van der Waals surface area contributed by atoms with Gasteiger partial charge >= 0.3 is 5.97 Å². The lowest BCUT2D eigenvalue weighted by Crippen LogP contribution is -2.33. The predicted octanol–water partition coefficient (Wildman–Crippen LogP) is 0.858. The number of aryl methyl sites for hydroxylation is 1. The summed E-state index contributed by atoms with van der Waals surface area (Å²) in [5.41, 5.74) is 0. The first-order valence-corrected chi connectivity index (χ1v) is 6.11. The Morgan fingerprint density at radius 3 is 3.00 bits per heavy atom. The van der Waals surface area contributed by atoms with Crippen molar-refractivity contribution in [3.63, 3.8) is 0 Å². The molecule has 0 amide bonds. The molecule has 3 atom stereocenters. The van der Waals surface area contributed by atoms with Gasteiger partial charge in [-0.15, -0.1) is 0 Å². The number of fused-ring (bicyclic) bond motifs is 2. The third kappa shape index (κ3) is 1.65. The maximum Gasteiger partial charge on any atom is 0.308 e. The fraction of sp³-hybridized carbons (Fsp3) is 0.667. The van der Waals surface area contributed by atoms with E-state index in [1.807, 2.05) is 17.8 Å². The zero-order valence-electron chi connectivity index (χ0n) is 9.91. The van der Waals surface area contributed by atoms with Crippen molar-refractivity contribution in [2.45, 2.75) is 37.9 Å². The first-order chi connectivity index (χ1) is 8.16. The molecule has 17 heavy (non-hydrogen) atoms. The molecule has 3 heterocycles.